The van der Waals surface area contributed by atoms with Crippen molar-refractivity contribution < 1.29 is 27.0 Å². The molecule has 0 spiro atoms. The number of hydrogen-bond donors (Lipinski definition) is 0. The quantitative estimate of drug-likeness (QED) is 0.633. The Hall–Kier alpha value is -2.82. The van der Waals surface area contributed by atoms with Gasteiger partial charge in [0.2, 0.25) is 11.8 Å². The predicted octanol–water partition coefficient (Wildman–Crippen LogP) is 3.83. The summed E-state index contributed by atoms with van der Waals surface area (Å²) in [6, 6.07) is 3.58. The van der Waals surface area contributed by atoms with Gasteiger partial charge < -0.3 is 9.47 Å². The molecule has 0 saturated carbocycles. The number of ether oxygens (including phenoxy) is 2. The van der Waals surface area contributed by atoms with E-state index in [-0.39, 0.29) is 24.1 Å². The molecule has 1 aromatic carbocycles. The van der Waals surface area contributed by atoms with Crippen LogP contribution in [0.25, 0.3) is 0 Å². The number of alkyl halides is 3. The molecule has 1 heterocycles. The Kier molecular flexibility index (Phi) is 5.01. The lowest BCUT2D eigenvalue weighted by Crippen LogP contribution is -2.08. The van der Waals surface area contributed by atoms with Crippen molar-refractivity contribution >= 4 is 0 Å². The molecule has 0 bridgehead atoms. The van der Waals surface area contributed by atoms with Crippen LogP contribution in [0.5, 0.6) is 17.5 Å². The summed E-state index contributed by atoms with van der Waals surface area (Å²) < 4.78 is 61.5. The third-order valence-electron chi connectivity index (χ3n) is 2.55. The van der Waals surface area contributed by atoms with Crippen molar-refractivity contribution in [3.05, 3.63) is 42.0 Å². The Labute approximate surface area is 129 Å². The van der Waals surface area contributed by atoms with Crippen molar-refractivity contribution in [1.82, 2.24) is 9.97 Å². The van der Waals surface area contributed by atoms with Crippen molar-refractivity contribution in [2.24, 2.45) is 0 Å². The normalized spacial score (nSPS) is 10.7. The maximum absolute atomic E-state index is 13.2. The molecular weight excluding hydrogens is 316 g/mol. The van der Waals surface area contributed by atoms with Crippen LogP contribution >= 0.6 is 0 Å². The summed E-state index contributed by atoms with van der Waals surface area (Å²) in [7, 11) is 0. The van der Waals surface area contributed by atoms with Gasteiger partial charge in [-0.3, -0.25) is 0 Å². The summed E-state index contributed by atoms with van der Waals surface area (Å²) in [5, 5.41) is 0. The van der Waals surface area contributed by atoms with Crippen molar-refractivity contribution in [2.75, 3.05) is 6.61 Å². The minimum atomic E-state index is -4.82. The molecule has 0 aliphatic heterocycles. The second-order valence-electron chi connectivity index (χ2n) is 4.15. The highest BCUT2D eigenvalue weighted by Crippen LogP contribution is 2.34. The Bertz CT molecular complexity index is 751. The Balaban J connectivity index is 2.19. The first-order chi connectivity index (χ1) is 10.9. The van der Waals surface area contributed by atoms with Gasteiger partial charge in [0.25, 0.3) is 0 Å². The zero-order valence-electron chi connectivity index (χ0n) is 11.8. The third-order valence-corrected chi connectivity index (χ3v) is 2.55. The molecule has 0 amide bonds. The van der Waals surface area contributed by atoms with Crippen molar-refractivity contribution in [1.29, 1.82) is 0 Å². The summed E-state index contributed by atoms with van der Waals surface area (Å²) >= 11 is 0. The summed E-state index contributed by atoms with van der Waals surface area (Å²) in [4.78, 5) is 7.56. The van der Waals surface area contributed by atoms with E-state index in [1.54, 1.807) is 6.92 Å². The third kappa shape index (κ3) is 4.57. The zero-order chi connectivity index (χ0) is 16.9. The molecule has 2 aromatic rings. The smallest absolute Gasteiger partial charge is 0.419 e. The molecule has 23 heavy (non-hydrogen) atoms. The topological polar surface area (TPSA) is 44.2 Å². The van der Waals surface area contributed by atoms with Crippen LogP contribution in [0.15, 0.2) is 30.6 Å². The molecule has 120 valence electrons. The van der Waals surface area contributed by atoms with Gasteiger partial charge in [0, 0.05) is 0 Å². The first-order valence-electron chi connectivity index (χ1n) is 6.29. The molecule has 0 atom stereocenters. The van der Waals surface area contributed by atoms with E-state index in [9.17, 15) is 17.6 Å². The van der Waals surface area contributed by atoms with Gasteiger partial charge >= 0.3 is 6.18 Å². The van der Waals surface area contributed by atoms with Crippen molar-refractivity contribution in [3.63, 3.8) is 0 Å². The number of halogens is 4. The first-order valence-corrected chi connectivity index (χ1v) is 6.29. The predicted molar refractivity (Wildman–Crippen MR) is 72.5 cm³/mol. The van der Waals surface area contributed by atoms with Crippen LogP contribution in [-0.2, 0) is 6.18 Å². The molecule has 0 saturated heterocycles. The number of hydrogen-bond acceptors (Lipinski definition) is 4. The molecule has 2 rings (SSSR count). The van der Waals surface area contributed by atoms with E-state index in [4.69, 9.17) is 9.47 Å². The standard InChI is InChI=1S/C15H10F4N2O2/c1-2-3-6-22-13-8-14(21-9-20-13)23-10-4-5-12(16)11(7-10)15(17,18)19/h4-5,7-9H,6H2,1H3. The Morgan fingerprint density at radius 2 is 1.87 bits per heavy atom. The van der Waals surface area contributed by atoms with Crippen LogP contribution < -0.4 is 9.47 Å². The maximum Gasteiger partial charge on any atom is 0.419 e. The largest absolute Gasteiger partial charge is 0.464 e. The van der Waals surface area contributed by atoms with Gasteiger partial charge in [-0.15, -0.1) is 5.92 Å². The van der Waals surface area contributed by atoms with E-state index < -0.39 is 17.6 Å². The highest BCUT2D eigenvalue weighted by molar-refractivity contribution is 5.34. The van der Waals surface area contributed by atoms with Gasteiger partial charge in [-0.1, -0.05) is 5.92 Å². The zero-order valence-corrected chi connectivity index (χ0v) is 11.8. The van der Waals surface area contributed by atoms with Gasteiger partial charge in [0.05, 0.1) is 11.6 Å². The van der Waals surface area contributed by atoms with E-state index >= 15 is 0 Å². The molecule has 0 aliphatic carbocycles. The fourth-order valence-electron chi connectivity index (χ4n) is 1.55. The molecule has 4 nitrogen and oxygen atoms in total. The monoisotopic (exact) mass is 326 g/mol. The van der Waals surface area contributed by atoms with E-state index in [0.717, 1.165) is 12.4 Å². The summed E-state index contributed by atoms with van der Waals surface area (Å²) in [5.74, 6) is 3.80. The molecule has 0 N–H and O–H groups in total. The molecule has 0 radical (unpaired) electrons. The van der Waals surface area contributed by atoms with Crippen LogP contribution in [-0.4, -0.2) is 16.6 Å². The summed E-state index contributed by atoms with van der Waals surface area (Å²) in [6.07, 6.45) is -3.69. The van der Waals surface area contributed by atoms with Gasteiger partial charge in [0.1, 0.15) is 17.9 Å². The van der Waals surface area contributed by atoms with Gasteiger partial charge in [0.15, 0.2) is 6.61 Å². The van der Waals surface area contributed by atoms with Crippen LogP contribution in [0.2, 0.25) is 0 Å². The molecular formula is C15H10F4N2O2. The van der Waals surface area contributed by atoms with Gasteiger partial charge in [-0.05, 0) is 25.1 Å². The molecule has 0 unspecified atom stereocenters. The molecule has 8 heteroatoms. The Morgan fingerprint density at radius 1 is 1.13 bits per heavy atom. The number of rotatable bonds is 4. The Morgan fingerprint density at radius 3 is 2.57 bits per heavy atom. The molecule has 0 aliphatic rings. The highest BCUT2D eigenvalue weighted by atomic mass is 19.4. The summed E-state index contributed by atoms with van der Waals surface area (Å²) in [6.45, 7) is 1.74. The number of nitrogens with zero attached hydrogens (tertiary/aromatic N) is 2. The second kappa shape index (κ2) is 6.96. The van der Waals surface area contributed by atoms with Gasteiger partial charge in [-0.25, -0.2) is 14.4 Å². The molecule has 1 aromatic heterocycles. The fraction of sp³-hybridized carbons (Fsp3) is 0.200. The fourth-order valence-corrected chi connectivity index (χ4v) is 1.55. The lowest BCUT2D eigenvalue weighted by molar-refractivity contribution is -0.140. The number of aromatic nitrogens is 2. The van der Waals surface area contributed by atoms with E-state index in [1.807, 2.05) is 0 Å². The lowest BCUT2D eigenvalue weighted by atomic mass is 10.2. The lowest BCUT2D eigenvalue weighted by Gasteiger charge is -2.11. The van der Waals surface area contributed by atoms with Gasteiger partial charge in [-0.2, -0.15) is 13.2 Å². The van der Waals surface area contributed by atoms with E-state index in [0.29, 0.717) is 12.1 Å². The van der Waals surface area contributed by atoms with Crippen LogP contribution in [0, 0.1) is 17.7 Å². The van der Waals surface area contributed by atoms with Crippen LogP contribution in [0.1, 0.15) is 12.5 Å². The van der Waals surface area contributed by atoms with Crippen LogP contribution in [0.4, 0.5) is 17.6 Å². The second-order valence-corrected chi connectivity index (χ2v) is 4.15. The minimum Gasteiger partial charge on any atom is -0.464 e. The van der Waals surface area contributed by atoms with Crippen LogP contribution in [0.3, 0.4) is 0 Å². The van der Waals surface area contributed by atoms with Crippen molar-refractivity contribution in [2.45, 2.75) is 13.1 Å². The SMILES string of the molecule is CC#CCOc1cc(Oc2ccc(F)c(C(F)(F)F)c2)ncn1. The van der Waals surface area contributed by atoms with Crippen molar-refractivity contribution in [3.8, 4) is 29.4 Å². The average Bonchev–Trinajstić information content (AvgIpc) is 2.49. The molecule has 0 fully saturated rings. The minimum absolute atomic E-state index is 0.0424. The number of benzene rings is 1. The maximum atomic E-state index is 13.2. The highest BCUT2D eigenvalue weighted by Gasteiger charge is 2.34. The summed E-state index contributed by atoms with van der Waals surface area (Å²) in [5.41, 5.74) is -1.42. The first kappa shape index (κ1) is 16.5. The van der Waals surface area contributed by atoms with E-state index in [2.05, 4.69) is 21.8 Å². The average molecular weight is 326 g/mol. The van der Waals surface area contributed by atoms with E-state index in [1.165, 1.54) is 6.07 Å².